The van der Waals surface area contributed by atoms with Crippen LogP contribution in [0.25, 0.3) is 0 Å². The van der Waals surface area contributed by atoms with E-state index in [1.807, 2.05) is 54.4 Å². The number of methoxy groups -OCH3 is 1. The van der Waals surface area contributed by atoms with Crippen molar-refractivity contribution >= 4 is 41.7 Å². The Bertz CT molecular complexity index is 958. The minimum Gasteiger partial charge on any atom is -0.497 e. The van der Waals surface area contributed by atoms with Crippen LogP contribution in [-0.2, 0) is 14.3 Å². The number of fused-ring (bicyclic) bond motifs is 1. The summed E-state index contributed by atoms with van der Waals surface area (Å²) in [6, 6.07) is 13.6. The van der Waals surface area contributed by atoms with Crippen LogP contribution >= 0.6 is 24.2 Å². The van der Waals surface area contributed by atoms with Gasteiger partial charge in [0.2, 0.25) is 5.91 Å². The van der Waals surface area contributed by atoms with Crippen LogP contribution in [0.4, 0.5) is 5.69 Å². The molecule has 2 aromatic rings. The molecule has 0 spiro atoms. The van der Waals surface area contributed by atoms with Crippen molar-refractivity contribution in [2.75, 3.05) is 45.4 Å². The summed E-state index contributed by atoms with van der Waals surface area (Å²) in [6.07, 6.45) is 0.746. The lowest BCUT2D eigenvalue weighted by Crippen LogP contribution is -2.29. The van der Waals surface area contributed by atoms with Gasteiger partial charge in [-0.1, -0.05) is 23.9 Å². The average Bonchev–Trinajstić information content (AvgIpc) is 3.16. The summed E-state index contributed by atoms with van der Waals surface area (Å²) in [6.45, 7) is 5.20. The molecule has 0 N–H and O–H groups in total. The molecule has 1 aliphatic rings. The lowest BCUT2D eigenvalue weighted by atomic mass is 10.1. The largest absolute Gasteiger partial charge is 0.497 e. The van der Waals surface area contributed by atoms with Crippen molar-refractivity contribution in [3.05, 3.63) is 48.0 Å². The maximum absolute atomic E-state index is 12.5. The second kappa shape index (κ2) is 12.7. The molecule has 0 saturated carbocycles. The summed E-state index contributed by atoms with van der Waals surface area (Å²) in [5.74, 6) is 1.18. The zero-order valence-electron chi connectivity index (χ0n) is 19.4. The maximum atomic E-state index is 12.5. The number of rotatable bonds is 10. The highest BCUT2D eigenvalue weighted by molar-refractivity contribution is 8.00. The van der Waals surface area contributed by atoms with Crippen molar-refractivity contribution in [2.24, 2.45) is 0 Å². The van der Waals surface area contributed by atoms with Crippen LogP contribution < -0.4 is 14.4 Å². The van der Waals surface area contributed by atoms with E-state index in [-0.39, 0.29) is 36.2 Å². The van der Waals surface area contributed by atoms with Gasteiger partial charge in [0.25, 0.3) is 0 Å². The number of ether oxygens (including phenoxy) is 3. The summed E-state index contributed by atoms with van der Waals surface area (Å²) in [5, 5.41) is -0.235. The number of hydrogen-bond acceptors (Lipinski definition) is 7. The zero-order valence-corrected chi connectivity index (χ0v) is 21.0. The van der Waals surface area contributed by atoms with Gasteiger partial charge in [0.05, 0.1) is 32.6 Å². The highest BCUT2D eigenvalue weighted by Gasteiger charge is 2.35. The molecule has 1 amide bonds. The van der Waals surface area contributed by atoms with Crippen molar-refractivity contribution in [2.45, 2.75) is 30.5 Å². The number of halogens is 1. The molecular formula is C24H31ClN2O5S. The third-order valence-electron chi connectivity index (χ3n) is 5.07. The fourth-order valence-electron chi connectivity index (χ4n) is 3.59. The number of carbonyl (C=O) groups excluding carboxylic acids is 2. The van der Waals surface area contributed by atoms with Crippen LogP contribution in [0.3, 0.4) is 0 Å². The second-order valence-corrected chi connectivity index (χ2v) is 8.60. The lowest BCUT2D eigenvalue weighted by Gasteiger charge is -2.25. The Morgan fingerprint density at radius 3 is 2.64 bits per heavy atom. The van der Waals surface area contributed by atoms with Gasteiger partial charge in [-0.05, 0) is 50.7 Å². The van der Waals surface area contributed by atoms with E-state index in [1.54, 1.807) is 37.6 Å². The smallest absolute Gasteiger partial charge is 0.320 e. The molecule has 0 aromatic heterocycles. The molecule has 0 aliphatic carbocycles. The van der Waals surface area contributed by atoms with Crippen molar-refractivity contribution in [1.29, 1.82) is 0 Å². The standard InChI is InChI=1S/C24H30N2O5S.ClH/c1-5-30-23(28)16-25(3)13-8-14-31-21-12-11-18(29-4)15-19(21)24-26(17(2)27)20-9-6-7-10-22(20)32-24;/h6-7,9-12,15,24H,5,8,13-14,16H2,1-4H3;1H. The molecule has 1 aliphatic heterocycles. The fourth-order valence-corrected chi connectivity index (χ4v) is 4.96. The van der Waals surface area contributed by atoms with Gasteiger partial charge in [-0.15, -0.1) is 12.4 Å². The number of benzene rings is 2. The molecule has 1 atom stereocenters. The molecule has 2 aromatic carbocycles. The van der Waals surface area contributed by atoms with Crippen molar-refractivity contribution in [1.82, 2.24) is 4.90 Å². The van der Waals surface area contributed by atoms with Gasteiger partial charge in [-0.25, -0.2) is 0 Å². The monoisotopic (exact) mass is 494 g/mol. The van der Waals surface area contributed by atoms with E-state index in [0.717, 1.165) is 28.3 Å². The second-order valence-electron chi connectivity index (χ2n) is 7.48. The number of thioether (sulfide) groups is 1. The third-order valence-corrected chi connectivity index (χ3v) is 6.35. The number of amides is 1. The minimum atomic E-state index is -0.235. The van der Waals surface area contributed by atoms with Gasteiger partial charge in [0, 0.05) is 23.9 Å². The van der Waals surface area contributed by atoms with E-state index in [0.29, 0.717) is 25.5 Å². The zero-order chi connectivity index (χ0) is 23.1. The van der Waals surface area contributed by atoms with Crippen LogP contribution in [-0.4, -0.2) is 57.2 Å². The molecule has 1 unspecified atom stereocenters. The van der Waals surface area contributed by atoms with Crippen molar-refractivity contribution in [3.8, 4) is 11.5 Å². The average molecular weight is 495 g/mol. The van der Waals surface area contributed by atoms with E-state index in [2.05, 4.69) is 0 Å². The molecule has 1 heterocycles. The molecule has 0 radical (unpaired) electrons. The molecule has 9 heteroatoms. The minimum absolute atomic E-state index is 0. The summed E-state index contributed by atoms with van der Waals surface area (Å²) >= 11 is 1.62. The Morgan fingerprint density at radius 2 is 1.94 bits per heavy atom. The number of para-hydroxylation sites is 1. The molecule has 3 rings (SSSR count). The Hall–Kier alpha value is -2.42. The van der Waals surface area contributed by atoms with Gasteiger partial charge in [0.1, 0.15) is 16.9 Å². The van der Waals surface area contributed by atoms with Crippen LogP contribution in [0.5, 0.6) is 11.5 Å². The van der Waals surface area contributed by atoms with Crippen molar-refractivity contribution < 1.29 is 23.8 Å². The SMILES string of the molecule is CCOC(=O)CN(C)CCCOc1ccc(OC)cc1C1Sc2ccccc2N1C(C)=O.Cl. The van der Waals surface area contributed by atoms with Crippen LogP contribution in [0, 0.1) is 0 Å². The molecule has 33 heavy (non-hydrogen) atoms. The third kappa shape index (κ3) is 6.79. The van der Waals surface area contributed by atoms with Gasteiger partial charge in [-0.3, -0.25) is 19.4 Å². The molecule has 0 fully saturated rings. The highest BCUT2D eigenvalue weighted by Crippen LogP contribution is 2.53. The Kier molecular flexibility index (Phi) is 10.3. The summed E-state index contributed by atoms with van der Waals surface area (Å²) in [5.41, 5.74) is 1.80. The highest BCUT2D eigenvalue weighted by atomic mass is 35.5. The topological polar surface area (TPSA) is 68.3 Å². The lowest BCUT2D eigenvalue weighted by molar-refractivity contribution is -0.144. The normalized spacial score (nSPS) is 14.5. The first kappa shape index (κ1) is 26.8. The predicted octanol–water partition coefficient (Wildman–Crippen LogP) is 4.54. The first-order valence-electron chi connectivity index (χ1n) is 10.6. The van der Waals surface area contributed by atoms with E-state index in [1.165, 1.54) is 0 Å². The van der Waals surface area contributed by atoms with Crippen LogP contribution in [0.15, 0.2) is 47.4 Å². The predicted molar refractivity (Wildman–Crippen MR) is 133 cm³/mol. The number of likely N-dealkylation sites (N-methyl/N-ethyl adjacent to an activating group) is 1. The summed E-state index contributed by atoms with van der Waals surface area (Å²) in [4.78, 5) is 28.9. The number of anilines is 1. The van der Waals surface area contributed by atoms with E-state index in [4.69, 9.17) is 14.2 Å². The quantitative estimate of drug-likeness (QED) is 0.355. The van der Waals surface area contributed by atoms with E-state index < -0.39 is 0 Å². The van der Waals surface area contributed by atoms with Gasteiger partial charge < -0.3 is 14.2 Å². The molecular weight excluding hydrogens is 464 g/mol. The number of carbonyl (C=O) groups is 2. The Labute approximate surface area is 205 Å². The molecule has 0 bridgehead atoms. The van der Waals surface area contributed by atoms with Crippen molar-refractivity contribution in [3.63, 3.8) is 0 Å². The Morgan fingerprint density at radius 1 is 1.18 bits per heavy atom. The first-order valence-corrected chi connectivity index (χ1v) is 11.5. The van der Waals surface area contributed by atoms with Gasteiger partial charge >= 0.3 is 5.97 Å². The first-order chi connectivity index (χ1) is 15.4. The molecule has 0 saturated heterocycles. The van der Waals surface area contributed by atoms with Crippen LogP contribution in [0.2, 0.25) is 0 Å². The number of nitrogens with zero attached hydrogens (tertiary/aromatic N) is 2. The Balaban J connectivity index is 0.00000385. The van der Waals surface area contributed by atoms with Gasteiger partial charge in [-0.2, -0.15) is 0 Å². The maximum Gasteiger partial charge on any atom is 0.320 e. The van der Waals surface area contributed by atoms with Gasteiger partial charge in [0.15, 0.2) is 0 Å². The van der Waals surface area contributed by atoms with Crippen LogP contribution in [0.1, 0.15) is 31.2 Å². The molecule has 7 nitrogen and oxygen atoms in total. The number of hydrogen-bond donors (Lipinski definition) is 0. The van der Waals surface area contributed by atoms with E-state index in [9.17, 15) is 9.59 Å². The summed E-state index contributed by atoms with van der Waals surface area (Å²) in [7, 11) is 3.51. The number of esters is 1. The summed E-state index contributed by atoms with van der Waals surface area (Å²) < 4.78 is 16.5. The molecule has 180 valence electrons. The fraction of sp³-hybridized carbons (Fsp3) is 0.417. The van der Waals surface area contributed by atoms with E-state index >= 15 is 0 Å².